The van der Waals surface area contributed by atoms with E-state index in [9.17, 15) is 14.4 Å². The molecule has 7 nitrogen and oxygen atoms in total. The first kappa shape index (κ1) is 27.3. The summed E-state index contributed by atoms with van der Waals surface area (Å²) in [6.07, 6.45) is 9.34. The van der Waals surface area contributed by atoms with Crippen LogP contribution in [0.25, 0.3) is 0 Å². The van der Waals surface area contributed by atoms with Gasteiger partial charge < -0.3 is 18.9 Å². The molecule has 0 aromatic rings. The SMILES string of the molecule is CCCCCCCCCCO[C@@H]1C=C(COC(C)=O)C(=O)[C@@H](COC(=O)C(C)(C)C)O1. The van der Waals surface area contributed by atoms with Gasteiger partial charge in [-0.1, -0.05) is 51.9 Å². The van der Waals surface area contributed by atoms with Crippen LogP contribution < -0.4 is 0 Å². The summed E-state index contributed by atoms with van der Waals surface area (Å²) in [5.74, 6) is -1.27. The highest BCUT2D eigenvalue weighted by atomic mass is 16.7. The van der Waals surface area contributed by atoms with E-state index in [-0.39, 0.29) is 19.0 Å². The van der Waals surface area contributed by atoms with E-state index in [0.29, 0.717) is 12.2 Å². The number of unbranched alkanes of at least 4 members (excludes halogenated alkanes) is 7. The standard InChI is InChI=1S/C24H40O7/c1-6-7-8-9-10-11-12-13-14-28-21-15-19(16-29-18(2)25)22(26)20(31-21)17-30-23(27)24(3,4)5/h15,20-21H,6-14,16-17H2,1-5H3/t20-,21+/m1/s1. The number of hydrogen-bond donors (Lipinski definition) is 0. The van der Waals surface area contributed by atoms with Crippen LogP contribution in [0.3, 0.4) is 0 Å². The Morgan fingerprint density at radius 1 is 1.00 bits per heavy atom. The van der Waals surface area contributed by atoms with E-state index in [1.54, 1.807) is 20.8 Å². The van der Waals surface area contributed by atoms with Crippen LogP contribution in [0.5, 0.6) is 0 Å². The van der Waals surface area contributed by atoms with Gasteiger partial charge in [0.25, 0.3) is 0 Å². The van der Waals surface area contributed by atoms with E-state index in [1.807, 2.05) is 0 Å². The Kier molecular flexibility index (Phi) is 12.6. The molecule has 0 N–H and O–H groups in total. The summed E-state index contributed by atoms with van der Waals surface area (Å²) in [6, 6.07) is 0. The van der Waals surface area contributed by atoms with Gasteiger partial charge in [0.1, 0.15) is 13.2 Å². The fourth-order valence-electron chi connectivity index (χ4n) is 3.02. The number of esters is 2. The van der Waals surface area contributed by atoms with Crippen LogP contribution in [0, 0.1) is 5.41 Å². The molecule has 0 fully saturated rings. The number of carbonyl (C=O) groups is 3. The van der Waals surface area contributed by atoms with Gasteiger partial charge in [0, 0.05) is 12.5 Å². The molecule has 2 atom stereocenters. The Hall–Kier alpha value is -1.73. The minimum absolute atomic E-state index is 0.154. The molecule has 0 aromatic heterocycles. The third-order valence-electron chi connectivity index (χ3n) is 4.93. The molecule has 0 unspecified atom stereocenters. The zero-order chi connectivity index (χ0) is 23.3. The molecule has 1 aliphatic heterocycles. The molecular weight excluding hydrogens is 400 g/mol. The van der Waals surface area contributed by atoms with Crippen molar-refractivity contribution in [2.75, 3.05) is 19.8 Å². The Morgan fingerprint density at radius 3 is 2.19 bits per heavy atom. The van der Waals surface area contributed by atoms with Gasteiger partial charge in [0.15, 0.2) is 18.2 Å². The first-order chi connectivity index (χ1) is 14.6. The molecule has 1 aliphatic rings. The second-order valence-electron chi connectivity index (χ2n) is 9.02. The van der Waals surface area contributed by atoms with Crippen molar-refractivity contribution in [2.45, 2.75) is 98.4 Å². The Morgan fingerprint density at radius 2 is 1.61 bits per heavy atom. The van der Waals surface area contributed by atoms with Crippen molar-refractivity contribution >= 4 is 17.7 Å². The van der Waals surface area contributed by atoms with E-state index < -0.39 is 29.7 Å². The van der Waals surface area contributed by atoms with Crippen molar-refractivity contribution in [3.8, 4) is 0 Å². The molecule has 0 saturated carbocycles. The van der Waals surface area contributed by atoms with E-state index in [2.05, 4.69) is 6.92 Å². The maximum absolute atomic E-state index is 12.6. The lowest BCUT2D eigenvalue weighted by atomic mass is 9.97. The molecule has 0 aliphatic carbocycles. The predicted octanol–water partition coefficient (Wildman–Crippen LogP) is 4.52. The van der Waals surface area contributed by atoms with Crippen LogP contribution in [-0.2, 0) is 33.3 Å². The molecule has 0 radical (unpaired) electrons. The zero-order valence-corrected chi connectivity index (χ0v) is 19.9. The van der Waals surface area contributed by atoms with Crippen LogP contribution in [0.1, 0.15) is 86.0 Å². The number of Topliss-reactive ketones (excluding diaryl/α,β-unsaturated/α-hetero) is 1. The maximum Gasteiger partial charge on any atom is 0.311 e. The van der Waals surface area contributed by atoms with Gasteiger partial charge in [-0.05, 0) is 33.3 Å². The van der Waals surface area contributed by atoms with E-state index >= 15 is 0 Å². The second kappa shape index (κ2) is 14.4. The van der Waals surface area contributed by atoms with E-state index in [0.717, 1.165) is 12.8 Å². The van der Waals surface area contributed by atoms with Crippen LogP contribution in [0.15, 0.2) is 11.6 Å². The highest BCUT2D eigenvalue weighted by molar-refractivity contribution is 6.00. The average molecular weight is 441 g/mol. The number of hydrogen-bond acceptors (Lipinski definition) is 7. The highest BCUT2D eigenvalue weighted by Crippen LogP contribution is 2.21. The quantitative estimate of drug-likeness (QED) is 0.290. The highest BCUT2D eigenvalue weighted by Gasteiger charge is 2.34. The molecule has 0 aromatic carbocycles. The minimum Gasteiger partial charge on any atom is -0.462 e. The fourth-order valence-corrected chi connectivity index (χ4v) is 3.02. The van der Waals surface area contributed by atoms with Crippen LogP contribution >= 0.6 is 0 Å². The molecule has 0 amide bonds. The lowest BCUT2D eigenvalue weighted by Crippen LogP contribution is -2.41. The van der Waals surface area contributed by atoms with Gasteiger partial charge in [0.05, 0.1) is 12.0 Å². The first-order valence-corrected chi connectivity index (χ1v) is 11.5. The molecule has 0 bridgehead atoms. The molecule has 1 heterocycles. The smallest absolute Gasteiger partial charge is 0.311 e. The van der Waals surface area contributed by atoms with Gasteiger partial charge in [-0.3, -0.25) is 14.4 Å². The summed E-state index contributed by atoms with van der Waals surface area (Å²) >= 11 is 0. The molecule has 0 spiro atoms. The Bertz CT molecular complexity index is 604. The van der Waals surface area contributed by atoms with Gasteiger partial charge in [-0.25, -0.2) is 0 Å². The summed E-state index contributed by atoms with van der Waals surface area (Å²) in [6.45, 7) is 8.84. The van der Waals surface area contributed by atoms with Crippen LogP contribution in [-0.4, -0.2) is 49.9 Å². The van der Waals surface area contributed by atoms with Crippen molar-refractivity contribution in [1.29, 1.82) is 0 Å². The summed E-state index contributed by atoms with van der Waals surface area (Å²) in [4.78, 5) is 35.8. The van der Waals surface area contributed by atoms with Crippen LogP contribution in [0.2, 0.25) is 0 Å². The van der Waals surface area contributed by atoms with Gasteiger partial charge in [-0.2, -0.15) is 0 Å². The summed E-state index contributed by atoms with van der Waals surface area (Å²) in [5.41, 5.74) is -0.389. The largest absolute Gasteiger partial charge is 0.462 e. The third kappa shape index (κ3) is 11.5. The van der Waals surface area contributed by atoms with Gasteiger partial charge in [-0.15, -0.1) is 0 Å². The van der Waals surface area contributed by atoms with Crippen molar-refractivity contribution in [2.24, 2.45) is 5.41 Å². The van der Waals surface area contributed by atoms with Gasteiger partial charge in [0.2, 0.25) is 0 Å². The topological polar surface area (TPSA) is 88.1 Å². The van der Waals surface area contributed by atoms with E-state index in [4.69, 9.17) is 18.9 Å². The lowest BCUT2D eigenvalue weighted by molar-refractivity contribution is -0.181. The van der Waals surface area contributed by atoms with Crippen molar-refractivity contribution in [3.05, 3.63) is 11.6 Å². The van der Waals surface area contributed by atoms with Crippen molar-refractivity contribution in [3.63, 3.8) is 0 Å². The summed E-state index contributed by atoms with van der Waals surface area (Å²) < 4.78 is 21.7. The number of carbonyl (C=O) groups excluding carboxylic acids is 3. The fraction of sp³-hybridized carbons (Fsp3) is 0.792. The normalized spacial score (nSPS) is 19.1. The monoisotopic (exact) mass is 440 g/mol. The molecule has 1 rings (SSSR count). The van der Waals surface area contributed by atoms with Crippen molar-refractivity contribution in [1.82, 2.24) is 0 Å². The van der Waals surface area contributed by atoms with Crippen LogP contribution in [0.4, 0.5) is 0 Å². The van der Waals surface area contributed by atoms with Gasteiger partial charge >= 0.3 is 11.9 Å². The summed E-state index contributed by atoms with van der Waals surface area (Å²) in [7, 11) is 0. The Balaban J connectivity index is 2.53. The van der Waals surface area contributed by atoms with Crippen molar-refractivity contribution < 1.29 is 33.3 Å². The Labute approximate surface area is 186 Å². The maximum atomic E-state index is 12.6. The second-order valence-corrected chi connectivity index (χ2v) is 9.02. The predicted molar refractivity (Wildman–Crippen MR) is 117 cm³/mol. The summed E-state index contributed by atoms with van der Waals surface area (Å²) in [5, 5.41) is 0. The molecule has 31 heavy (non-hydrogen) atoms. The molecule has 7 heteroatoms. The van der Waals surface area contributed by atoms with E-state index in [1.165, 1.54) is 51.5 Å². The molecule has 178 valence electrons. The average Bonchev–Trinajstić information content (AvgIpc) is 2.70. The number of ether oxygens (including phenoxy) is 4. The number of rotatable bonds is 14. The number of ketones is 1. The molecule has 0 saturated heterocycles. The third-order valence-corrected chi connectivity index (χ3v) is 4.93. The first-order valence-electron chi connectivity index (χ1n) is 11.5. The zero-order valence-electron chi connectivity index (χ0n) is 19.9. The minimum atomic E-state index is -0.981. The molecular formula is C24H40O7. The lowest BCUT2D eigenvalue weighted by Gasteiger charge is -2.28.